The molecule has 3 aromatic rings. The Balaban J connectivity index is 2.12. The second-order valence-electron chi connectivity index (χ2n) is 6.15. The molecule has 1 unspecified atom stereocenters. The van der Waals surface area contributed by atoms with E-state index in [4.69, 9.17) is 4.74 Å². The number of ether oxygens (including phenoxy) is 1. The molecule has 0 aromatic heterocycles. The number of hydrogen-bond donors (Lipinski definition) is 0. The molecular weight excluding hydrogens is 272 g/mol. The van der Waals surface area contributed by atoms with Gasteiger partial charge >= 0.3 is 5.97 Å². The van der Waals surface area contributed by atoms with Crippen molar-refractivity contribution in [3.8, 4) is 5.75 Å². The van der Waals surface area contributed by atoms with E-state index in [9.17, 15) is 4.79 Å². The van der Waals surface area contributed by atoms with E-state index in [0.717, 1.165) is 23.1 Å². The Morgan fingerprint density at radius 1 is 1.09 bits per heavy atom. The Kier molecular flexibility index (Phi) is 2.93. The van der Waals surface area contributed by atoms with E-state index in [0.29, 0.717) is 12.3 Å². The summed E-state index contributed by atoms with van der Waals surface area (Å²) in [4.78, 5) is 11.6. The molecule has 0 N–H and O–H groups in total. The molecule has 2 heteroatoms. The van der Waals surface area contributed by atoms with E-state index in [1.165, 1.54) is 21.7 Å². The summed E-state index contributed by atoms with van der Waals surface area (Å²) in [6, 6.07) is 14.9. The number of fused-ring (bicyclic) bond motifs is 3. The zero-order valence-electron chi connectivity index (χ0n) is 12.8. The molecule has 22 heavy (non-hydrogen) atoms. The first kappa shape index (κ1) is 13.3. The van der Waals surface area contributed by atoms with Crippen molar-refractivity contribution in [2.24, 2.45) is 0 Å². The maximum Gasteiger partial charge on any atom is 0.315 e. The standard InChI is InChI=1S/C20H18O2/c1-3-12(2)20-16-7-5-4-6-13(16)8-14-10-18-15(9-17(14)20)11-19(21)22-18/h4-10,12H,3,11H2,1-2H3. The second-order valence-corrected chi connectivity index (χ2v) is 6.15. The molecule has 0 fully saturated rings. The Morgan fingerprint density at radius 2 is 1.91 bits per heavy atom. The van der Waals surface area contributed by atoms with Crippen LogP contribution in [-0.2, 0) is 11.2 Å². The number of carbonyl (C=O) groups is 1. The molecule has 4 rings (SSSR count). The summed E-state index contributed by atoms with van der Waals surface area (Å²) < 4.78 is 5.31. The molecule has 0 amide bonds. The minimum Gasteiger partial charge on any atom is -0.426 e. The van der Waals surface area contributed by atoms with Crippen LogP contribution >= 0.6 is 0 Å². The quantitative estimate of drug-likeness (QED) is 0.378. The van der Waals surface area contributed by atoms with Gasteiger partial charge in [-0.25, -0.2) is 0 Å². The Bertz CT molecular complexity index is 908. The van der Waals surface area contributed by atoms with Gasteiger partial charge in [-0.3, -0.25) is 4.79 Å². The molecule has 1 atom stereocenters. The molecular formula is C20H18O2. The average molecular weight is 290 g/mol. The third-order valence-corrected chi connectivity index (χ3v) is 4.75. The highest BCUT2D eigenvalue weighted by molar-refractivity contribution is 6.04. The highest BCUT2D eigenvalue weighted by atomic mass is 16.5. The Morgan fingerprint density at radius 3 is 2.73 bits per heavy atom. The topological polar surface area (TPSA) is 26.3 Å². The number of hydrogen-bond acceptors (Lipinski definition) is 2. The summed E-state index contributed by atoms with van der Waals surface area (Å²) in [7, 11) is 0. The molecule has 0 radical (unpaired) electrons. The van der Waals surface area contributed by atoms with Crippen LogP contribution < -0.4 is 4.74 Å². The average Bonchev–Trinajstić information content (AvgIpc) is 2.88. The molecule has 2 nitrogen and oxygen atoms in total. The highest BCUT2D eigenvalue weighted by Crippen LogP contribution is 2.39. The highest BCUT2D eigenvalue weighted by Gasteiger charge is 2.22. The predicted octanol–water partition coefficient (Wildman–Crippen LogP) is 4.97. The van der Waals surface area contributed by atoms with Crippen molar-refractivity contribution >= 4 is 27.5 Å². The molecule has 1 aliphatic rings. The van der Waals surface area contributed by atoms with E-state index >= 15 is 0 Å². The lowest BCUT2D eigenvalue weighted by molar-refractivity contribution is -0.131. The predicted molar refractivity (Wildman–Crippen MR) is 89.5 cm³/mol. The Labute approximate surface area is 129 Å². The Hall–Kier alpha value is -2.35. The van der Waals surface area contributed by atoms with Crippen LogP contribution in [0.3, 0.4) is 0 Å². The third-order valence-electron chi connectivity index (χ3n) is 4.75. The van der Waals surface area contributed by atoms with Crippen molar-refractivity contribution in [2.75, 3.05) is 0 Å². The van der Waals surface area contributed by atoms with Gasteiger partial charge in [0.05, 0.1) is 6.42 Å². The first-order chi connectivity index (χ1) is 10.7. The second kappa shape index (κ2) is 4.84. The van der Waals surface area contributed by atoms with Gasteiger partial charge in [0.15, 0.2) is 0 Å². The summed E-state index contributed by atoms with van der Waals surface area (Å²) in [5, 5.41) is 4.97. The summed E-state index contributed by atoms with van der Waals surface area (Å²) in [6.45, 7) is 4.49. The lowest BCUT2D eigenvalue weighted by atomic mass is 9.87. The normalized spacial score (nSPS) is 15.1. The molecule has 0 saturated heterocycles. The summed E-state index contributed by atoms with van der Waals surface area (Å²) in [6.07, 6.45) is 1.48. The minimum atomic E-state index is -0.153. The lowest BCUT2D eigenvalue weighted by Gasteiger charge is -2.17. The van der Waals surface area contributed by atoms with Gasteiger partial charge < -0.3 is 4.74 Å². The van der Waals surface area contributed by atoms with E-state index in [2.05, 4.69) is 50.2 Å². The van der Waals surface area contributed by atoms with Crippen LogP contribution in [0, 0.1) is 0 Å². The van der Waals surface area contributed by atoms with Crippen LogP contribution in [0.25, 0.3) is 21.5 Å². The fraction of sp³-hybridized carbons (Fsp3) is 0.250. The smallest absolute Gasteiger partial charge is 0.315 e. The van der Waals surface area contributed by atoms with Crippen LogP contribution in [0.15, 0.2) is 42.5 Å². The summed E-state index contributed by atoms with van der Waals surface area (Å²) in [5.74, 6) is 1.05. The fourth-order valence-corrected chi connectivity index (χ4v) is 3.46. The molecule has 0 spiro atoms. The van der Waals surface area contributed by atoms with Crippen molar-refractivity contribution in [3.05, 3.63) is 53.6 Å². The lowest BCUT2D eigenvalue weighted by Crippen LogP contribution is -2.00. The van der Waals surface area contributed by atoms with Crippen molar-refractivity contribution in [3.63, 3.8) is 0 Å². The zero-order chi connectivity index (χ0) is 15.3. The zero-order valence-corrected chi connectivity index (χ0v) is 12.8. The number of carbonyl (C=O) groups excluding carboxylic acids is 1. The van der Waals surface area contributed by atoms with Crippen molar-refractivity contribution in [1.29, 1.82) is 0 Å². The van der Waals surface area contributed by atoms with Crippen molar-refractivity contribution in [2.45, 2.75) is 32.6 Å². The summed E-state index contributed by atoms with van der Waals surface area (Å²) in [5.41, 5.74) is 2.40. The first-order valence-electron chi connectivity index (χ1n) is 7.86. The molecule has 1 heterocycles. The maximum absolute atomic E-state index is 11.6. The van der Waals surface area contributed by atoms with Gasteiger partial charge in [0, 0.05) is 5.56 Å². The molecule has 0 saturated carbocycles. The molecule has 3 aromatic carbocycles. The van der Waals surface area contributed by atoms with Crippen molar-refractivity contribution in [1.82, 2.24) is 0 Å². The first-order valence-corrected chi connectivity index (χ1v) is 7.86. The van der Waals surface area contributed by atoms with E-state index in [-0.39, 0.29) is 5.97 Å². The van der Waals surface area contributed by atoms with Crippen LogP contribution in [0.1, 0.15) is 37.3 Å². The number of rotatable bonds is 2. The molecule has 110 valence electrons. The van der Waals surface area contributed by atoms with Gasteiger partial charge in [-0.1, -0.05) is 38.1 Å². The monoisotopic (exact) mass is 290 g/mol. The van der Waals surface area contributed by atoms with Crippen LogP contribution in [0.5, 0.6) is 5.75 Å². The minimum absolute atomic E-state index is 0.153. The van der Waals surface area contributed by atoms with Crippen molar-refractivity contribution < 1.29 is 9.53 Å². The maximum atomic E-state index is 11.6. The third kappa shape index (κ3) is 1.91. The molecule has 0 bridgehead atoms. The van der Waals surface area contributed by atoms with E-state index < -0.39 is 0 Å². The number of esters is 1. The largest absolute Gasteiger partial charge is 0.426 e. The molecule has 1 aliphatic heterocycles. The van der Waals surface area contributed by atoms with Crippen LogP contribution in [0.4, 0.5) is 0 Å². The van der Waals surface area contributed by atoms with Gasteiger partial charge in [-0.05, 0) is 57.6 Å². The van der Waals surface area contributed by atoms with Gasteiger partial charge in [0.2, 0.25) is 0 Å². The molecule has 0 aliphatic carbocycles. The fourth-order valence-electron chi connectivity index (χ4n) is 3.46. The SMILES string of the molecule is CCC(C)c1c2ccccc2cc2cc3c(cc12)CC(=O)O3. The number of benzene rings is 3. The van der Waals surface area contributed by atoms with Crippen LogP contribution in [-0.4, -0.2) is 5.97 Å². The van der Waals surface area contributed by atoms with Gasteiger partial charge in [0.1, 0.15) is 5.75 Å². The van der Waals surface area contributed by atoms with Crippen LogP contribution in [0.2, 0.25) is 0 Å². The van der Waals surface area contributed by atoms with Gasteiger partial charge in [-0.2, -0.15) is 0 Å². The van der Waals surface area contributed by atoms with Gasteiger partial charge in [0.25, 0.3) is 0 Å². The van der Waals surface area contributed by atoms with Gasteiger partial charge in [-0.15, -0.1) is 0 Å². The van der Waals surface area contributed by atoms with E-state index in [1.54, 1.807) is 0 Å². The van der Waals surface area contributed by atoms with E-state index in [1.807, 2.05) is 6.07 Å². The summed E-state index contributed by atoms with van der Waals surface area (Å²) >= 11 is 0.